The normalized spacial score (nSPS) is 16.5. The second kappa shape index (κ2) is 9.10. The highest BCUT2D eigenvalue weighted by atomic mass is 35.5. The molecule has 5 rings (SSSR count). The van der Waals surface area contributed by atoms with Crippen molar-refractivity contribution in [3.63, 3.8) is 0 Å². The number of nitrogens with one attached hydrogen (secondary N) is 1. The molecule has 2 heterocycles. The van der Waals surface area contributed by atoms with Crippen molar-refractivity contribution in [3.8, 4) is 5.75 Å². The molecule has 33 heavy (non-hydrogen) atoms. The van der Waals surface area contributed by atoms with E-state index in [1.165, 1.54) is 11.8 Å². The molecule has 0 fully saturated rings. The van der Waals surface area contributed by atoms with Crippen molar-refractivity contribution in [2.45, 2.75) is 6.61 Å². The highest BCUT2D eigenvalue weighted by molar-refractivity contribution is 8.17. The molecule has 0 saturated heterocycles. The molecule has 5 nitrogen and oxygen atoms in total. The number of carbonyl (C=O) groups is 1. The summed E-state index contributed by atoms with van der Waals surface area (Å²) in [6, 6.07) is 24.7. The van der Waals surface area contributed by atoms with Crippen molar-refractivity contribution in [1.29, 1.82) is 5.41 Å². The fourth-order valence-electron chi connectivity index (χ4n) is 3.52. The van der Waals surface area contributed by atoms with E-state index < -0.39 is 5.91 Å². The zero-order chi connectivity index (χ0) is 22.8. The number of hydrogen-bond donors (Lipinski definition) is 1. The lowest BCUT2D eigenvalue weighted by atomic mass is 10.1. The lowest BCUT2D eigenvalue weighted by Gasteiger charge is -2.26. The molecule has 0 atom stereocenters. The largest absolute Gasteiger partial charge is 0.489 e. The first kappa shape index (κ1) is 21.2. The van der Waals surface area contributed by atoms with E-state index in [0.717, 1.165) is 22.4 Å². The number of nitrogens with zero attached hydrogens (tertiary/aromatic N) is 2. The maximum atomic E-state index is 12.7. The molecule has 0 unspecified atom stereocenters. The Morgan fingerprint density at radius 2 is 1.82 bits per heavy atom. The van der Waals surface area contributed by atoms with Gasteiger partial charge in [0.05, 0.1) is 11.3 Å². The summed E-state index contributed by atoms with van der Waals surface area (Å²) in [5.74, 6) is 0.353. The highest BCUT2D eigenvalue weighted by Gasteiger charge is 2.36. The lowest BCUT2D eigenvalue weighted by molar-refractivity contribution is -0.114. The summed E-state index contributed by atoms with van der Waals surface area (Å²) in [7, 11) is 0. The van der Waals surface area contributed by atoms with Crippen LogP contribution in [0.1, 0.15) is 16.7 Å². The summed E-state index contributed by atoms with van der Waals surface area (Å²) >= 11 is 7.28. The Morgan fingerprint density at radius 1 is 1.03 bits per heavy atom. The Morgan fingerprint density at radius 3 is 2.61 bits per heavy atom. The first-order valence-electron chi connectivity index (χ1n) is 10.2. The van der Waals surface area contributed by atoms with E-state index in [4.69, 9.17) is 21.7 Å². The molecule has 0 saturated carbocycles. The number of carbonyl (C=O) groups excluding carboxylic acids is 1. The molecule has 162 valence electrons. The van der Waals surface area contributed by atoms with Gasteiger partial charge in [0, 0.05) is 10.4 Å². The van der Waals surface area contributed by atoms with Crippen LogP contribution in [0.2, 0.25) is 5.02 Å². The van der Waals surface area contributed by atoms with Gasteiger partial charge in [-0.15, -0.1) is 0 Å². The third-order valence-electron chi connectivity index (χ3n) is 5.17. The number of rotatable bonds is 5. The molecular weight excluding hydrogens is 454 g/mol. The summed E-state index contributed by atoms with van der Waals surface area (Å²) < 4.78 is 5.90. The van der Waals surface area contributed by atoms with Crippen LogP contribution in [0.4, 0.5) is 0 Å². The Balaban J connectivity index is 1.38. The molecule has 0 aliphatic carbocycles. The summed E-state index contributed by atoms with van der Waals surface area (Å²) in [6.45, 7) is 0.399. The first-order valence-corrected chi connectivity index (χ1v) is 11.5. The minimum atomic E-state index is -0.422. The third kappa shape index (κ3) is 4.49. The van der Waals surface area contributed by atoms with E-state index in [1.54, 1.807) is 11.0 Å². The van der Waals surface area contributed by atoms with Gasteiger partial charge < -0.3 is 4.74 Å². The zero-order valence-corrected chi connectivity index (χ0v) is 18.9. The van der Waals surface area contributed by atoms with Crippen LogP contribution in [0.5, 0.6) is 5.75 Å². The summed E-state index contributed by atoms with van der Waals surface area (Å²) in [5, 5.41) is 11.9. The highest BCUT2D eigenvalue weighted by Crippen LogP contribution is 2.37. The molecule has 1 N–H and O–H groups in total. The van der Waals surface area contributed by atoms with E-state index in [0.29, 0.717) is 22.5 Å². The van der Waals surface area contributed by atoms with Gasteiger partial charge in [-0.2, -0.15) is 4.99 Å². The molecular formula is C26H18ClN3O2S. The predicted molar refractivity (Wildman–Crippen MR) is 134 cm³/mol. The van der Waals surface area contributed by atoms with Crippen molar-refractivity contribution in [2.24, 2.45) is 4.99 Å². The van der Waals surface area contributed by atoms with Crippen LogP contribution < -0.4 is 4.74 Å². The smallest absolute Gasteiger partial charge is 0.283 e. The maximum Gasteiger partial charge on any atom is 0.283 e. The number of aliphatic imine (C=N–C) groups is 1. The van der Waals surface area contributed by atoms with Gasteiger partial charge in [-0.05, 0) is 47.0 Å². The number of fused-ring (bicyclic) bond motifs is 1. The number of thioether (sulfide) groups is 1. The average molecular weight is 472 g/mol. The minimum Gasteiger partial charge on any atom is -0.489 e. The molecule has 0 radical (unpaired) electrons. The quantitative estimate of drug-likeness (QED) is 0.448. The van der Waals surface area contributed by atoms with Crippen molar-refractivity contribution in [2.75, 3.05) is 0 Å². The second-order valence-electron chi connectivity index (χ2n) is 7.42. The molecule has 0 spiro atoms. The molecule has 1 amide bonds. The van der Waals surface area contributed by atoms with E-state index in [1.807, 2.05) is 84.3 Å². The Hall–Kier alpha value is -3.61. The van der Waals surface area contributed by atoms with Crippen LogP contribution in [-0.4, -0.2) is 21.8 Å². The van der Waals surface area contributed by atoms with Gasteiger partial charge in [0.25, 0.3) is 5.91 Å². The zero-order valence-electron chi connectivity index (χ0n) is 17.4. The number of amides is 1. The van der Waals surface area contributed by atoms with Crippen LogP contribution in [-0.2, 0) is 11.4 Å². The van der Waals surface area contributed by atoms with Crippen LogP contribution in [0, 0.1) is 5.41 Å². The van der Waals surface area contributed by atoms with Crippen molar-refractivity contribution in [3.05, 3.63) is 112 Å². The van der Waals surface area contributed by atoms with Gasteiger partial charge in [-0.3, -0.25) is 15.1 Å². The lowest BCUT2D eigenvalue weighted by Crippen LogP contribution is -2.38. The number of hydrogen-bond acceptors (Lipinski definition) is 4. The van der Waals surface area contributed by atoms with Gasteiger partial charge in [0.1, 0.15) is 18.2 Å². The van der Waals surface area contributed by atoms with E-state index in [-0.39, 0.29) is 11.4 Å². The van der Waals surface area contributed by atoms with E-state index >= 15 is 0 Å². The van der Waals surface area contributed by atoms with Gasteiger partial charge >= 0.3 is 0 Å². The average Bonchev–Trinajstić information content (AvgIpc) is 3.26. The minimum absolute atomic E-state index is 0.109. The van der Waals surface area contributed by atoms with Crippen LogP contribution >= 0.6 is 23.4 Å². The van der Waals surface area contributed by atoms with E-state index in [9.17, 15) is 4.79 Å². The van der Waals surface area contributed by atoms with Crippen molar-refractivity contribution < 1.29 is 9.53 Å². The van der Waals surface area contributed by atoms with Crippen LogP contribution in [0.15, 0.2) is 94.8 Å². The molecule has 2 aliphatic heterocycles. The fraction of sp³-hybridized carbons (Fsp3) is 0.0385. The Bertz CT molecular complexity index is 1330. The molecule has 3 aromatic carbocycles. The van der Waals surface area contributed by atoms with Gasteiger partial charge in [-0.1, -0.05) is 78.0 Å². The van der Waals surface area contributed by atoms with Gasteiger partial charge in [0.2, 0.25) is 0 Å². The van der Waals surface area contributed by atoms with Crippen molar-refractivity contribution >= 4 is 52.0 Å². The number of ether oxygens (including phenoxy) is 1. The van der Waals surface area contributed by atoms with E-state index in [2.05, 4.69) is 4.99 Å². The molecule has 0 aromatic heterocycles. The second-order valence-corrected chi connectivity index (χ2v) is 8.69. The monoisotopic (exact) mass is 471 g/mol. The summed E-state index contributed by atoms with van der Waals surface area (Å²) in [5.41, 5.74) is 3.79. The SMILES string of the molecule is N=C1/C(=C/c2cccc(OCc3ccc(Cl)cc3)c2)C(=O)N=C2SC=C(c3ccccc3)N12. The Kier molecular flexibility index (Phi) is 5.86. The van der Waals surface area contributed by atoms with Crippen LogP contribution in [0.25, 0.3) is 11.8 Å². The maximum absolute atomic E-state index is 12.7. The topological polar surface area (TPSA) is 65.8 Å². The van der Waals surface area contributed by atoms with Gasteiger partial charge in [-0.25, -0.2) is 0 Å². The third-order valence-corrected chi connectivity index (χ3v) is 6.25. The molecule has 0 bridgehead atoms. The summed E-state index contributed by atoms with van der Waals surface area (Å²) in [6.07, 6.45) is 1.69. The number of benzene rings is 3. The standard InChI is InChI=1S/C26H18ClN3O2S/c27-20-11-9-17(10-12-20)15-32-21-8-4-5-18(13-21)14-22-24(28)30-23(19-6-2-1-3-7-19)16-33-26(30)29-25(22)31/h1-14,16,28H,15H2/b22-14-,28-24?. The molecule has 2 aliphatic rings. The van der Waals surface area contributed by atoms with Crippen molar-refractivity contribution in [1.82, 2.24) is 4.90 Å². The molecule has 7 heteroatoms. The summed E-state index contributed by atoms with van der Waals surface area (Å²) in [4.78, 5) is 18.6. The first-order chi connectivity index (χ1) is 16.1. The number of halogens is 1. The molecule has 3 aromatic rings. The van der Waals surface area contributed by atoms with Gasteiger partial charge in [0.15, 0.2) is 5.17 Å². The fourth-order valence-corrected chi connectivity index (χ4v) is 4.54. The van der Waals surface area contributed by atoms with Crippen LogP contribution in [0.3, 0.4) is 0 Å². The Labute approximate surface area is 200 Å². The predicted octanol–water partition coefficient (Wildman–Crippen LogP) is 6.22. The number of amidine groups is 2.